The predicted octanol–water partition coefficient (Wildman–Crippen LogP) is 2.66. The molecule has 2 N–H and O–H groups in total. The van der Waals surface area contributed by atoms with E-state index in [2.05, 4.69) is 15.3 Å². The number of hydrogen-bond donors (Lipinski definition) is 2. The van der Waals surface area contributed by atoms with E-state index < -0.39 is 23.2 Å². The van der Waals surface area contributed by atoms with Gasteiger partial charge in [-0.15, -0.1) is 0 Å². The van der Waals surface area contributed by atoms with Crippen LogP contribution in [0, 0.1) is 5.82 Å². The van der Waals surface area contributed by atoms with Crippen molar-refractivity contribution < 1.29 is 19.1 Å². The van der Waals surface area contributed by atoms with Crippen LogP contribution in [0.15, 0.2) is 36.9 Å². The molecule has 6 nitrogen and oxygen atoms in total. The van der Waals surface area contributed by atoms with Gasteiger partial charge in [0.05, 0.1) is 5.56 Å². The average molecular weight is 331 g/mol. The molecule has 0 aliphatic carbocycles. The molecule has 0 spiro atoms. The van der Waals surface area contributed by atoms with Crippen LogP contribution in [0.4, 0.5) is 4.39 Å². The van der Waals surface area contributed by atoms with Crippen molar-refractivity contribution in [2.24, 2.45) is 0 Å². The lowest BCUT2D eigenvalue weighted by atomic mass is 9.97. The molecule has 7 heteroatoms. The molecule has 0 fully saturated rings. The number of amides is 1. The van der Waals surface area contributed by atoms with Crippen molar-refractivity contribution in [3.63, 3.8) is 0 Å². The van der Waals surface area contributed by atoms with E-state index in [0.29, 0.717) is 11.1 Å². The molecule has 1 aromatic heterocycles. The van der Waals surface area contributed by atoms with Gasteiger partial charge in [-0.25, -0.2) is 14.4 Å². The van der Waals surface area contributed by atoms with Gasteiger partial charge in [0.1, 0.15) is 12.1 Å². The minimum Gasteiger partial charge on any atom is -0.481 e. The van der Waals surface area contributed by atoms with Crippen molar-refractivity contribution in [1.29, 1.82) is 0 Å². The van der Waals surface area contributed by atoms with Crippen molar-refractivity contribution in [3.05, 3.63) is 48.3 Å². The number of hydrogen-bond acceptors (Lipinski definition) is 4. The number of benzene rings is 1. The van der Waals surface area contributed by atoms with Crippen LogP contribution in [0.2, 0.25) is 0 Å². The summed E-state index contributed by atoms with van der Waals surface area (Å²) in [5.41, 5.74) is 0.354. The number of aromatic nitrogens is 2. The summed E-state index contributed by atoms with van der Waals surface area (Å²) < 4.78 is 14.3. The second-order valence-electron chi connectivity index (χ2n) is 6.05. The van der Waals surface area contributed by atoms with Gasteiger partial charge in [0.15, 0.2) is 0 Å². The lowest BCUT2D eigenvalue weighted by Gasteiger charge is -2.25. The molecule has 0 radical (unpaired) electrons. The Labute approximate surface area is 138 Å². The van der Waals surface area contributed by atoms with Crippen LogP contribution in [0.25, 0.3) is 11.1 Å². The van der Waals surface area contributed by atoms with Crippen LogP contribution in [0.3, 0.4) is 0 Å². The molecule has 0 unspecified atom stereocenters. The highest BCUT2D eigenvalue weighted by atomic mass is 19.1. The quantitative estimate of drug-likeness (QED) is 0.849. The highest BCUT2D eigenvalue weighted by Crippen LogP contribution is 2.21. The zero-order chi connectivity index (χ0) is 17.7. The lowest BCUT2D eigenvalue weighted by Crippen LogP contribution is -2.44. The highest BCUT2D eigenvalue weighted by Gasteiger charge is 2.23. The smallest absolute Gasteiger partial charge is 0.303 e. The van der Waals surface area contributed by atoms with E-state index in [1.54, 1.807) is 32.3 Å². The fourth-order valence-corrected chi connectivity index (χ4v) is 2.18. The minimum absolute atomic E-state index is 0.0806. The molecular formula is C17H18FN3O3. The van der Waals surface area contributed by atoms with Crippen LogP contribution >= 0.6 is 0 Å². The Morgan fingerprint density at radius 1 is 1.21 bits per heavy atom. The normalized spacial score (nSPS) is 11.1. The number of halogens is 1. The third-order valence-corrected chi connectivity index (χ3v) is 3.52. The summed E-state index contributed by atoms with van der Waals surface area (Å²) in [6.07, 6.45) is 4.64. The summed E-state index contributed by atoms with van der Waals surface area (Å²) in [6.45, 7) is 3.39. The Morgan fingerprint density at radius 2 is 1.88 bits per heavy atom. The maximum Gasteiger partial charge on any atom is 0.303 e. The van der Waals surface area contributed by atoms with Gasteiger partial charge in [0.2, 0.25) is 0 Å². The van der Waals surface area contributed by atoms with Gasteiger partial charge in [0.25, 0.3) is 5.91 Å². The SMILES string of the molecule is CC(C)(CCC(=O)O)NC(=O)c1ccc(-c2cncnc2)cc1F. The van der Waals surface area contributed by atoms with Crippen molar-refractivity contribution in [1.82, 2.24) is 15.3 Å². The highest BCUT2D eigenvalue weighted by molar-refractivity contribution is 5.95. The van der Waals surface area contributed by atoms with Crippen molar-refractivity contribution in [2.45, 2.75) is 32.2 Å². The molecular weight excluding hydrogens is 313 g/mol. The molecule has 126 valence electrons. The van der Waals surface area contributed by atoms with Gasteiger partial charge in [-0.05, 0) is 38.0 Å². The zero-order valence-electron chi connectivity index (χ0n) is 13.4. The first kappa shape index (κ1) is 17.5. The van der Waals surface area contributed by atoms with Crippen molar-refractivity contribution >= 4 is 11.9 Å². The van der Waals surface area contributed by atoms with E-state index in [1.165, 1.54) is 18.5 Å². The summed E-state index contributed by atoms with van der Waals surface area (Å²) in [7, 11) is 0. The van der Waals surface area contributed by atoms with E-state index in [4.69, 9.17) is 5.11 Å². The fraction of sp³-hybridized carbons (Fsp3) is 0.294. The molecule has 1 aromatic carbocycles. The molecule has 1 amide bonds. The summed E-state index contributed by atoms with van der Waals surface area (Å²) in [6, 6.07) is 4.25. The molecule has 2 aromatic rings. The molecule has 2 rings (SSSR count). The summed E-state index contributed by atoms with van der Waals surface area (Å²) in [5, 5.41) is 11.4. The Kier molecular flexibility index (Phi) is 5.23. The van der Waals surface area contributed by atoms with Gasteiger partial charge < -0.3 is 10.4 Å². The maximum absolute atomic E-state index is 14.3. The van der Waals surface area contributed by atoms with Crippen molar-refractivity contribution in [2.75, 3.05) is 0 Å². The average Bonchev–Trinajstić information content (AvgIpc) is 2.53. The van der Waals surface area contributed by atoms with E-state index in [9.17, 15) is 14.0 Å². The Morgan fingerprint density at radius 3 is 2.46 bits per heavy atom. The van der Waals surface area contributed by atoms with Gasteiger partial charge in [-0.2, -0.15) is 0 Å². The van der Waals surface area contributed by atoms with Crippen LogP contribution in [-0.2, 0) is 4.79 Å². The van der Waals surface area contributed by atoms with Gasteiger partial charge in [0, 0.05) is 29.9 Å². The topological polar surface area (TPSA) is 92.2 Å². The van der Waals surface area contributed by atoms with Crippen LogP contribution < -0.4 is 5.32 Å². The monoisotopic (exact) mass is 331 g/mol. The summed E-state index contributed by atoms with van der Waals surface area (Å²) in [4.78, 5) is 30.6. The van der Waals surface area contributed by atoms with Crippen LogP contribution in [0.5, 0.6) is 0 Å². The second-order valence-corrected chi connectivity index (χ2v) is 6.05. The molecule has 0 saturated heterocycles. The Bertz CT molecular complexity index is 748. The van der Waals surface area contributed by atoms with E-state index >= 15 is 0 Å². The first-order valence-electron chi connectivity index (χ1n) is 7.38. The number of rotatable bonds is 6. The number of nitrogens with one attached hydrogen (secondary N) is 1. The number of carbonyl (C=O) groups is 2. The summed E-state index contributed by atoms with van der Waals surface area (Å²) >= 11 is 0. The molecule has 24 heavy (non-hydrogen) atoms. The maximum atomic E-state index is 14.3. The molecule has 0 saturated carbocycles. The van der Waals surface area contributed by atoms with Gasteiger partial charge in [-0.3, -0.25) is 9.59 Å². The first-order valence-corrected chi connectivity index (χ1v) is 7.38. The summed E-state index contributed by atoms with van der Waals surface area (Å²) in [5.74, 6) is -2.19. The molecule has 0 atom stereocenters. The Hall–Kier alpha value is -2.83. The third kappa shape index (κ3) is 4.58. The minimum atomic E-state index is -0.946. The van der Waals surface area contributed by atoms with Crippen molar-refractivity contribution in [3.8, 4) is 11.1 Å². The zero-order valence-corrected chi connectivity index (χ0v) is 13.4. The molecule has 0 aliphatic rings. The number of nitrogens with zero attached hydrogens (tertiary/aromatic N) is 2. The van der Waals surface area contributed by atoms with Gasteiger partial charge in [-0.1, -0.05) is 6.07 Å². The van der Waals surface area contributed by atoms with E-state index in [0.717, 1.165) is 0 Å². The second kappa shape index (κ2) is 7.16. The van der Waals surface area contributed by atoms with Crippen LogP contribution in [-0.4, -0.2) is 32.5 Å². The number of carboxylic acid groups (broad SMARTS) is 1. The number of aliphatic carboxylic acids is 1. The molecule has 0 aliphatic heterocycles. The fourth-order valence-electron chi connectivity index (χ4n) is 2.18. The molecule has 0 bridgehead atoms. The van der Waals surface area contributed by atoms with E-state index in [-0.39, 0.29) is 18.4 Å². The number of carbonyl (C=O) groups excluding carboxylic acids is 1. The first-order chi connectivity index (χ1) is 11.3. The van der Waals surface area contributed by atoms with E-state index in [1.807, 2.05) is 0 Å². The lowest BCUT2D eigenvalue weighted by molar-refractivity contribution is -0.137. The molecule has 1 heterocycles. The standard InChI is InChI=1S/C17H18FN3O3/c1-17(2,6-5-15(22)23)21-16(24)13-4-3-11(7-14(13)18)12-8-19-10-20-9-12/h3-4,7-10H,5-6H2,1-2H3,(H,21,24)(H,22,23). The largest absolute Gasteiger partial charge is 0.481 e. The Balaban J connectivity index is 2.14. The number of carboxylic acids is 1. The predicted molar refractivity (Wildman–Crippen MR) is 85.8 cm³/mol. The van der Waals surface area contributed by atoms with Crippen LogP contribution in [0.1, 0.15) is 37.0 Å². The van der Waals surface area contributed by atoms with Gasteiger partial charge >= 0.3 is 5.97 Å². The third-order valence-electron chi connectivity index (χ3n) is 3.52.